The molecule has 1 N–H and O–H groups in total. The molecule has 0 unspecified atom stereocenters. The van der Waals surface area contributed by atoms with Crippen molar-refractivity contribution in [2.45, 2.75) is 0 Å². The van der Waals surface area contributed by atoms with Crippen LogP contribution in [-0.2, 0) is 0 Å². The fraction of sp³-hybridized carbons (Fsp3) is 0.556. The van der Waals surface area contributed by atoms with Gasteiger partial charge in [-0.15, -0.1) is 0 Å². The number of rotatable bonds is 1. The highest BCUT2D eigenvalue weighted by Gasteiger charge is 2.13. The number of piperazine rings is 1. The van der Waals surface area contributed by atoms with Gasteiger partial charge in [0.05, 0.1) is 5.82 Å². The highest BCUT2D eigenvalue weighted by molar-refractivity contribution is 5.17. The largest absolute Gasteiger partial charge is 0.757 e. The molecule has 0 atom stereocenters. The van der Waals surface area contributed by atoms with Crippen molar-refractivity contribution < 1.29 is 0 Å². The maximum atomic E-state index is 11.4. The van der Waals surface area contributed by atoms with Gasteiger partial charge >= 0.3 is 0 Å². The van der Waals surface area contributed by atoms with Crippen LogP contribution < -0.4 is 5.32 Å². The Bertz CT molecular complexity index is 231. The third kappa shape index (κ3) is 1.84. The van der Waals surface area contributed by atoms with E-state index in [4.69, 9.17) is 0 Å². The van der Waals surface area contributed by atoms with E-state index in [1.165, 1.54) is 0 Å². The molecule has 2 rings (SSSR count). The van der Waals surface area contributed by atoms with E-state index in [9.17, 15) is 5.21 Å². The van der Waals surface area contributed by atoms with Crippen molar-refractivity contribution in [1.29, 1.82) is 0 Å². The van der Waals surface area contributed by atoms with Gasteiger partial charge in [0.15, 0.2) is 0 Å². The van der Waals surface area contributed by atoms with Crippen molar-refractivity contribution in [3.05, 3.63) is 29.3 Å². The summed E-state index contributed by atoms with van der Waals surface area (Å²) >= 11 is 0. The zero-order valence-electron chi connectivity index (χ0n) is 7.57. The van der Waals surface area contributed by atoms with Gasteiger partial charge in [-0.05, 0) is 6.08 Å². The SMILES string of the molecule is [O-]N1CC=CC=C1N1CCNCC1. The first kappa shape index (κ1) is 8.59. The number of hydrogen-bond acceptors (Lipinski definition) is 4. The molecule has 0 aromatic carbocycles. The average Bonchev–Trinajstić information content (AvgIpc) is 2.20. The summed E-state index contributed by atoms with van der Waals surface area (Å²) in [6.07, 6.45) is 5.71. The smallest absolute Gasteiger partial charge is 0.0934 e. The lowest BCUT2D eigenvalue weighted by Crippen LogP contribution is -2.46. The summed E-state index contributed by atoms with van der Waals surface area (Å²) in [6, 6.07) is 0. The van der Waals surface area contributed by atoms with Gasteiger partial charge in [-0.2, -0.15) is 0 Å². The minimum atomic E-state index is 0.482. The third-order valence-electron chi connectivity index (χ3n) is 2.35. The fourth-order valence-corrected chi connectivity index (χ4v) is 1.64. The normalized spacial score (nSPS) is 23.3. The minimum Gasteiger partial charge on any atom is -0.757 e. The monoisotopic (exact) mass is 180 g/mol. The molecule has 0 aromatic heterocycles. The maximum Gasteiger partial charge on any atom is 0.0934 e. The number of nitrogens with one attached hydrogen (secondary N) is 1. The zero-order valence-corrected chi connectivity index (χ0v) is 7.57. The second-order valence-corrected chi connectivity index (χ2v) is 3.25. The number of hydroxylamine groups is 2. The molecule has 1 fully saturated rings. The molecule has 0 radical (unpaired) electrons. The van der Waals surface area contributed by atoms with Crippen LogP contribution in [0.1, 0.15) is 0 Å². The molecular weight excluding hydrogens is 166 g/mol. The van der Waals surface area contributed by atoms with Gasteiger partial charge < -0.3 is 20.5 Å². The van der Waals surface area contributed by atoms with Gasteiger partial charge in [0.1, 0.15) is 0 Å². The summed E-state index contributed by atoms with van der Waals surface area (Å²) < 4.78 is 0. The molecule has 4 heteroatoms. The van der Waals surface area contributed by atoms with E-state index < -0.39 is 0 Å². The van der Waals surface area contributed by atoms with E-state index in [1.54, 1.807) is 0 Å². The third-order valence-corrected chi connectivity index (χ3v) is 2.35. The van der Waals surface area contributed by atoms with Gasteiger partial charge in [0.25, 0.3) is 0 Å². The van der Waals surface area contributed by atoms with Gasteiger partial charge in [-0.25, -0.2) is 0 Å². The predicted molar refractivity (Wildman–Crippen MR) is 51.7 cm³/mol. The Morgan fingerprint density at radius 1 is 1.31 bits per heavy atom. The van der Waals surface area contributed by atoms with Gasteiger partial charge in [-0.1, -0.05) is 12.2 Å². The summed E-state index contributed by atoms with van der Waals surface area (Å²) in [5.74, 6) is 0.809. The Hall–Kier alpha value is -1.00. The van der Waals surface area contributed by atoms with E-state index in [2.05, 4.69) is 10.2 Å². The van der Waals surface area contributed by atoms with Crippen molar-refractivity contribution >= 4 is 0 Å². The first-order valence-corrected chi connectivity index (χ1v) is 4.65. The van der Waals surface area contributed by atoms with Crippen LogP contribution in [0.3, 0.4) is 0 Å². The Kier molecular flexibility index (Phi) is 2.52. The number of allylic oxidation sites excluding steroid dienone is 2. The van der Waals surface area contributed by atoms with Crippen molar-refractivity contribution in [3.8, 4) is 0 Å². The van der Waals surface area contributed by atoms with E-state index in [0.717, 1.165) is 37.1 Å². The van der Waals surface area contributed by atoms with E-state index >= 15 is 0 Å². The minimum absolute atomic E-state index is 0.482. The lowest BCUT2D eigenvalue weighted by Gasteiger charge is -2.42. The lowest BCUT2D eigenvalue weighted by molar-refractivity contribution is 0.232. The van der Waals surface area contributed by atoms with Crippen molar-refractivity contribution in [1.82, 2.24) is 15.3 Å². The van der Waals surface area contributed by atoms with Crippen LogP contribution in [-0.4, -0.2) is 42.7 Å². The summed E-state index contributed by atoms with van der Waals surface area (Å²) in [6.45, 7) is 4.27. The van der Waals surface area contributed by atoms with Crippen molar-refractivity contribution in [2.24, 2.45) is 0 Å². The second kappa shape index (κ2) is 3.81. The topological polar surface area (TPSA) is 41.6 Å². The number of nitrogens with zero attached hydrogens (tertiary/aromatic N) is 2. The highest BCUT2D eigenvalue weighted by atomic mass is 16.5. The Morgan fingerprint density at radius 2 is 2.08 bits per heavy atom. The molecule has 0 spiro atoms. The molecule has 0 saturated carbocycles. The Labute approximate surface area is 78.1 Å². The molecule has 2 aliphatic rings. The van der Waals surface area contributed by atoms with Crippen LogP contribution in [0.5, 0.6) is 0 Å². The van der Waals surface area contributed by atoms with Crippen LogP contribution >= 0.6 is 0 Å². The molecular formula is C9H14N3O-. The highest BCUT2D eigenvalue weighted by Crippen LogP contribution is 2.13. The number of hydrogen-bond donors (Lipinski definition) is 1. The standard InChI is InChI=1S/C9H14N3O/c13-12-6-2-1-3-9(12)11-7-4-10-5-8-11/h1-3,10H,4-8H2/q-1. The Morgan fingerprint density at radius 3 is 2.77 bits per heavy atom. The Balaban J connectivity index is 2.04. The van der Waals surface area contributed by atoms with E-state index in [-0.39, 0.29) is 0 Å². The summed E-state index contributed by atoms with van der Waals surface area (Å²) in [7, 11) is 0. The van der Waals surface area contributed by atoms with Crippen molar-refractivity contribution in [2.75, 3.05) is 32.7 Å². The molecule has 4 nitrogen and oxygen atoms in total. The molecule has 72 valence electrons. The van der Waals surface area contributed by atoms with Gasteiger partial charge in [0, 0.05) is 32.7 Å². The fourth-order valence-electron chi connectivity index (χ4n) is 1.64. The molecule has 13 heavy (non-hydrogen) atoms. The quantitative estimate of drug-likeness (QED) is 0.621. The zero-order chi connectivity index (χ0) is 9.10. The molecule has 0 aliphatic carbocycles. The molecule has 1 saturated heterocycles. The molecule has 0 aromatic rings. The first-order chi connectivity index (χ1) is 6.38. The van der Waals surface area contributed by atoms with Gasteiger partial charge in [0.2, 0.25) is 0 Å². The van der Waals surface area contributed by atoms with Crippen LogP contribution in [0.25, 0.3) is 0 Å². The first-order valence-electron chi connectivity index (χ1n) is 4.65. The summed E-state index contributed by atoms with van der Waals surface area (Å²) in [5, 5.41) is 15.7. The van der Waals surface area contributed by atoms with E-state index in [1.807, 2.05) is 18.2 Å². The lowest BCUT2D eigenvalue weighted by atomic mass is 10.3. The summed E-state index contributed by atoms with van der Waals surface area (Å²) in [5.41, 5.74) is 0. The predicted octanol–water partition coefficient (Wildman–Crippen LogP) is 0.103. The van der Waals surface area contributed by atoms with Crippen LogP contribution in [0, 0.1) is 5.21 Å². The van der Waals surface area contributed by atoms with Crippen molar-refractivity contribution in [3.63, 3.8) is 0 Å². The second-order valence-electron chi connectivity index (χ2n) is 3.25. The van der Waals surface area contributed by atoms with Gasteiger partial charge in [-0.3, -0.25) is 0 Å². The summed E-state index contributed by atoms with van der Waals surface area (Å²) in [4.78, 5) is 2.13. The molecule has 0 bridgehead atoms. The molecule has 2 heterocycles. The van der Waals surface area contributed by atoms with Crippen LogP contribution in [0.4, 0.5) is 0 Å². The van der Waals surface area contributed by atoms with Crippen LogP contribution in [0.15, 0.2) is 24.0 Å². The van der Waals surface area contributed by atoms with E-state index in [0.29, 0.717) is 6.54 Å². The average molecular weight is 180 g/mol. The molecule has 2 aliphatic heterocycles. The maximum absolute atomic E-state index is 11.4. The van der Waals surface area contributed by atoms with Crippen LogP contribution in [0.2, 0.25) is 0 Å². The molecule has 0 amide bonds.